The van der Waals surface area contributed by atoms with Crippen molar-refractivity contribution in [2.75, 3.05) is 6.61 Å². The van der Waals surface area contributed by atoms with Crippen molar-refractivity contribution in [2.24, 2.45) is 0 Å². The van der Waals surface area contributed by atoms with Crippen LogP contribution in [0.15, 0.2) is 36.5 Å². The van der Waals surface area contributed by atoms with Crippen molar-refractivity contribution in [3.63, 3.8) is 0 Å². The van der Waals surface area contributed by atoms with Crippen LogP contribution < -0.4 is 10.1 Å². The number of nitrogens with zero attached hydrogens (tertiary/aromatic N) is 1. The van der Waals surface area contributed by atoms with Gasteiger partial charge in [-0.2, -0.15) is 0 Å². The summed E-state index contributed by atoms with van der Waals surface area (Å²) < 4.78 is 20.1. The summed E-state index contributed by atoms with van der Waals surface area (Å²) in [6.45, 7) is -0.325. The molecule has 1 N–H and O–H groups in total. The van der Waals surface area contributed by atoms with Crippen LogP contribution in [0.1, 0.15) is 11.1 Å². The van der Waals surface area contributed by atoms with E-state index >= 15 is 0 Å². The van der Waals surface area contributed by atoms with Gasteiger partial charge in [-0.25, -0.2) is 9.37 Å². The molecule has 0 aliphatic carbocycles. The molecule has 1 aliphatic heterocycles. The van der Waals surface area contributed by atoms with E-state index < -0.39 is 18.2 Å². The highest BCUT2D eigenvalue weighted by atomic mass is 35.5. The zero-order chi connectivity index (χ0) is 15.7. The van der Waals surface area contributed by atoms with Crippen LogP contribution in [0.4, 0.5) is 4.39 Å². The summed E-state index contributed by atoms with van der Waals surface area (Å²) in [7, 11) is 0. The van der Waals surface area contributed by atoms with Crippen LogP contribution in [0.5, 0.6) is 5.88 Å². The van der Waals surface area contributed by atoms with Crippen LogP contribution in [0.25, 0.3) is 0 Å². The van der Waals surface area contributed by atoms with Crippen molar-refractivity contribution in [3.8, 4) is 5.88 Å². The topological polar surface area (TPSA) is 51.2 Å². The van der Waals surface area contributed by atoms with Crippen LogP contribution in [-0.4, -0.2) is 17.5 Å². The number of hydrogen-bond donors (Lipinski definition) is 1. The Hall–Kier alpha value is -1.85. The SMILES string of the molecule is O=C(NCc1cccc(Cl)c1Cl)C1(F)COc2ncccc21. The molecule has 2 aromatic rings. The normalized spacial score (nSPS) is 19.4. The number of carbonyl (C=O) groups is 1. The van der Waals surface area contributed by atoms with E-state index in [1.54, 1.807) is 24.3 Å². The molecule has 1 unspecified atom stereocenters. The maximum Gasteiger partial charge on any atom is 0.266 e. The van der Waals surface area contributed by atoms with E-state index in [0.29, 0.717) is 15.6 Å². The smallest absolute Gasteiger partial charge is 0.266 e. The van der Waals surface area contributed by atoms with E-state index in [0.717, 1.165) is 0 Å². The highest BCUT2D eigenvalue weighted by Gasteiger charge is 2.48. The quantitative estimate of drug-likeness (QED) is 0.932. The third-order valence-corrected chi connectivity index (χ3v) is 4.29. The predicted octanol–water partition coefficient (Wildman–Crippen LogP) is 3.26. The van der Waals surface area contributed by atoms with Crippen LogP contribution >= 0.6 is 23.2 Å². The van der Waals surface area contributed by atoms with Crippen LogP contribution in [0, 0.1) is 0 Å². The number of nitrogens with one attached hydrogen (secondary N) is 1. The summed E-state index contributed by atoms with van der Waals surface area (Å²) in [4.78, 5) is 16.1. The van der Waals surface area contributed by atoms with Gasteiger partial charge in [-0.15, -0.1) is 0 Å². The van der Waals surface area contributed by atoms with E-state index in [4.69, 9.17) is 27.9 Å². The number of alkyl halides is 1. The summed E-state index contributed by atoms with van der Waals surface area (Å²) in [6, 6.07) is 8.10. The molecule has 1 aromatic heterocycles. The van der Waals surface area contributed by atoms with Gasteiger partial charge in [0.1, 0.15) is 6.61 Å². The molecule has 0 fully saturated rings. The third-order valence-electron chi connectivity index (χ3n) is 3.44. The number of carbonyl (C=O) groups excluding carboxylic acids is 1. The maximum atomic E-state index is 14.9. The van der Waals surface area contributed by atoms with Crippen molar-refractivity contribution in [2.45, 2.75) is 12.2 Å². The lowest BCUT2D eigenvalue weighted by molar-refractivity contribution is -0.134. The van der Waals surface area contributed by atoms with Crippen molar-refractivity contribution < 1.29 is 13.9 Å². The second kappa shape index (κ2) is 5.74. The summed E-state index contributed by atoms with van der Waals surface area (Å²) in [5.41, 5.74) is -1.52. The van der Waals surface area contributed by atoms with Gasteiger partial charge < -0.3 is 10.1 Å². The van der Waals surface area contributed by atoms with E-state index in [-0.39, 0.29) is 18.0 Å². The summed E-state index contributed by atoms with van der Waals surface area (Å²) in [5.74, 6) is -0.656. The van der Waals surface area contributed by atoms with Crippen LogP contribution in [-0.2, 0) is 17.0 Å². The molecule has 4 nitrogen and oxygen atoms in total. The first kappa shape index (κ1) is 15.1. The van der Waals surface area contributed by atoms with Crippen LogP contribution in [0.2, 0.25) is 10.0 Å². The zero-order valence-electron chi connectivity index (χ0n) is 11.3. The Morgan fingerprint density at radius 1 is 1.36 bits per heavy atom. The number of hydrogen-bond acceptors (Lipinski definition) is 3. The Labute approximate surface area is 136 Å². The van der Waals surface area contributed by atoms with Crippen LogP contribution in [0.3, 0.4) is 0 Å². The first-order valence-corrected chi connectivity index (χ1v) is 7.26. The van der Waals surface area contributed by atoms with E-state index in [1.807, 2.05) is 0 Å². The molecule has 1 atom stereocenters. The molecule has 2 heterocycles. The molecule has 0 spiro atoms. The number of halogens is 3. The van der Waals surface area contributed by atoms with Gasteiger partial charge in [0, 0.05) is 12.7 Å². The molecule has 0 bridgehead atoms. The minimum Gasteiger partial charge on any atom is -0.473 e. The lowest BCUT2D eigenvalue weighted by Gasteiger charge is -2.17. The van der Waals surface area contributed by atoms with Gasteiger partial charge in [0.25, 0.3) is 11.6 Å². The molecule has 114 valence electrons. The Balaban J connectivity index is 1.77. The van der Waals surface area contributed by atoms with Gasteiger partial charge in [0.15, 0.2) is 0 Å². The average Bonchev–Trinajstić information content (AvgIpc) is 2.88. The average molecular weight is 341 g/mol. The highest BCUT2D eigenvalue weighted by Crippen LogP contribution is 2.38. The van der Waals surface area contributed by atoms with Gasteiger partial charge in [0.05, 0.1) is 15.6 Å². The fraction of sp³-hybridized carbons (Fsp3) is 0.200. The second-order valence-electron chi connectivity index (χ2n) is 4.84. The summed E-state index contributed by atoms with van der Waals surface area (Å²) in [5, 5.41) is 3.24. The molecule has 0 saturated heterocycles. The number of pyridine rings is 1. The standard InChI is InChI=1S/C15H11Cl2FN2O2/c16-11-5-1-3-9(12(11)17)7-20-14(21)15(18)8-22-13-10(15)4-2-6-19-13/h1-6H,7-8H2,(H,20,21). The highest BCUT2D eigenvalue weighted by molar-refractivity contribution is 6.42. The van der Waals surface area contributed by atoms with Gasteiger partial charge in [-0.05, 0) is 23.8 Å². The second-order valence-corrected chi connectivity index (χ2v) is 5.63. The van der Waals surface area contributed by atoms with E-state index in [1.165, 1.54) is 12.3 Å². The number of rotatable bonds is 3. The summed E-state index contributed by atoms with van der Waals surface area (Å²) in [6.07, 6.45) is 1.48. The minimum absolute atomic E-state index is 0.0689. The molecule has 0 radical (unpaired) electrons. The fourth-order valence-electron chi connectivity index (χ4n) is 2.24. The summed E-state index contributed by atoms with van der Waals surface area (Å²) >= 11 is 11.9. The van der Waals surface area contributed by atoms with Crippen molar-refractivity contribution in [3.05, 3.63) is 57.7 Å². The Bertz CT molecular complexity index is 741. The predicted molar refractivity (Wildman–Crippen MR) is 80.8 cm³/mol. The largest absolute Gasteiger partial charge is 0.473 e. The lowest BCUT2D eigenvalue weighted by atomic mass is 9.98. The number of ether oxygens (including phenoxy) is 1. The number of amides is 1. The van der Waals surface area contributed by atoms with Crippen molar-refractivity contribution in [1.82, 2.24) is 10.3 Å². The monoisotopic (exact) mass is 340 g/mol. The molecule has 7 heteroatoms. The van der Waals surface area contributed by atoms with Gasteiger partial charge in [0.2, 0.25) is 5.88 Å². The van der Waals surface area contributed by atoms with Gasteiger partial charge in [-0.1, -0.05) is 35.3 Å². The fourth-order valence-corrected chi connectivity index (χ4v) is 2.63. The molecular formula is C15H11Cl2FN2O2. The van der Waals surface area contributed by atoms with Gasteiger partial charge >= 0.3 is 0 Å². The maximum absolute atomic E-state index is 14.9. The minimum atomic E-state index is -2.26. The molecule has 1 aliphatic rings. The Morgan fingerprint density at radius 3 is 3.00 bits per heavy atom. The third kappa shape index (κ3) is 2.51. The van der Waals surface area contributed by atoms with E-state index in [2.05, 4.69) is 10.3 Å². The molecular weight excluding hydrogens is 330 g/mol. The number of benzene rings is 1. The number of aromatic nitrogens is 1. The molecule has 3 rings (SSSR count). The molecule has 1 amide bonds. The lowest BCUT2D eigenvalue weighted by Crippen LogP contribution is -2.42. The molecule has 0 saturated carbocycles. The zero-order valence-corrected chi connectivity index (χ0v) is 12.8. The Morgan fingerprint density at radius 2 is 2.18 bits per heavy atom. The molecule has 1 aromatic carbocycles. The van der Waals surface area contributed by atoms with Crippen molar-refractivity contribution >= 4 is 29.1 Å². The Kier molecular flexibility index (Phi) is 3.93. The number of fused-ring (bicyclic) bond motifs is 1. The van der Waals surface area contributed by atoms with Crippen molar-refractivity contribution in [1.29, 1.82) is 0 Å². The first-order chi connectivity index (χ1) is 10.5. The molecule has 22 heavy (non-hydrogen) atoms. The first-order valence-electron chi connectivity index (χ1n) is 6.51. The van der Waals surface area contributed by atoms with Gasteiger partial charge in [-0.3, -0.25) is 4.79 Å². The van der Waals surface area contributed by atoms with E-state index in [9.17, 15) is 9.18 Å².